The van der Waals surface area contributed by atoms with Crippen molar-refractivity contribution in [2.45, 2.75) is 17.4 Å². The highest BCUT2D eigenvalue weighted by atomic mass is 35.5. The van der Waals surface area contributed by atoms with E-state index < -0.39 is 33.8 Å². The van der Waals surface area contributed by atoms with Crippen LogP contribution in [0.1, 0.15) is 5.69 Å². The molecule has 5 aromatic rings. The molecule has 0 radical (unpaired) electrons. The first-order valence-electron chi connectivity index (χ1n) is 11.6. The lowest BCUT2D eigenvalue weighted by Gasteiger charge is -2.17. The molecule has 5 rings (SSSR count). The Balaban J connectivity index is 1.70. The highest BCUT2D eigenvalue weighted by Gasteiger charge is 2.34. The molecule has 0 aliphatic heterocycles. The highest BCUT2D eigenvalue weighted by molar-refractivity contribution is 7.90. The third-order valence-electron chi connectivity index (χ3n) is 5.93. The molecular formula is C26H16ClF6N5O3S. The van der Waals surface area contributed by atoms with Crippen LogP contribution < -0.4 is 4.74 Å². The molecule has 0 saturated heterocycles. The monoisotopic (exact) mass is 627 g/mol. The molecule has 0 bridgehead atoms. The van der Waals surface area contributed by atoms with Gasteiger partial charge in [0.25, 0.3) is 0 Å². The number of rotatable bonds is 6. The van der Waals surface area contributed by atoms with Crippen molar-refractivity contribution in [3.05, 3.63) is 90.1 Å². The van der Waals surface area contributed by atoms with Crippen LogP contribution >= 0.6 is 11.6 Å². The average molecular weight is 628 g/mol. The normalized spacial score (nSPS) is 12.5. The van der Waals surface area contributed by atoms with E-state index in [1.807, 2.05) is 0 Å². The summed E-state index contributed by atoms with van der Waals surface area (Å²) in [7, 11) is -3.58. The Labute approximate surface area is 238 Å². The fourth-order valence-corrected chi connectivity index (χ4v) is 5.08. The molecule has 2 aromatic heterocycles. The predicted molar refractivity (Wildman–Crippen MR) is 139 cm³/mol. The molecule has 2 heterocycles. The standard InChI is InChI=1S/C26H16ClF6N5O3S/c1-42(39,40)19-4-2-3-16(9-19)17-10-20(27)24(37-13-23(34-14-37)25(28,29)30)21(11-17)38-22(12-35-36-38)15-5-7-18(8-6-15)41-26(31,32)33/h2-14H,1H3. The number of alkyl halides is 6. The van der Waals surface area contributed by atoms with Crippen LogP contribution in [0, 0.1) is 0 Å². The van der Waals surface area contributed by atoms with Gasteiger partial charge >= 0.3 is 12.5 Å². The Morgan fingerprint density at radius 3 is 2.24 bits per heavy atom. The number of imidazole rings is 1. The molecule has 0 fully saturated rings. The molecule has 0 N–H and O–H groups in total. The van der Waals surface area contributed by atoms with E-state index in [-0.39, 0.29) is 27.0 Å². The Bertz CT molecular complexity index is 1880. The van der Waals surface area contributed by atoms with Crippen molar-refractivity contribution in [2.24, 2.45) is 0 Å². The van der Waals surface area contributed by atoms with Crippen molar-refractivity contribution in [3.8, 4) is 39.5 Å². The van der Waals surface area contributed by atoms with Crippen molar-refractivity contribution in [2.75, 3.05) is 6.26 Å². The van der Waals surface area contributed by atoms with Gasteiger partial charge in [0, 0.05) is 18.0 Å². The van der Waals surface area contributed by atoms with Crippen molar-refractivity contribution >= 4 is 21.4 Å². The van der Waals surface area contributed by atoms with Crippen LogP contribution in [0.3, 0.4) is 0 Å². The van der Waals surface area contributed by atoms with Crippen LogP contribution in [-0.4, -0.2) is 45.6 Å². The van der Waals surface area contributed by atoms with Gasteiger partial charge in [-0.25, -0.2) is 18.1 Å². The van der Waals surface area contributed by atoms with Crippen LogP contribution in [0.5, 0.6) is 5.75 Å². The maximum absolute atomic E-state index is 13.4. The zero-order valence-corrected chi connectivity index (χ0v) is 22.6. The lowest BCUT2D eigenvalue weighted by molar-refractivity contribution is -0.274. The second-order valence-electron chi connectivity index (χ2n) is 8.89. The lowest BCUT2D eigenvalue weighted by Crippen LogP contribution is -2.16. The van der Waals surface area contributed by atoms with Crippen LogP contribution in [0.4, 0.5) is 26.3 Å². The van der Waals surface area contributed by atoms with E-state index in [2.05, 4.69) is 20.0 Å². The van der Waals surface area contributed by atoms with E-state index in [9.17, 15) is 34.8 Å². The summed E-state index contributed by atoms with van der Waals surface area (Å²) in [6.07, 6.45) is -5.67. The largest absolute Gasteiger partial charge is 0.573 e. The van der Waals surface area contributed by atoms with Crippen LogP contribution in [0.15, 0.2) is 84.3 Å². The molecular weight excluding hydrogens is 612 g/mol. The SMILES string of the molecule is CS(=O)(=O)c1cccc(-c2cc(Cl)c(-n3cnc(C(F)(F)F)c3)c(-n3nncc3-c3ccc(OC(F)(F)F)cc3)c2)c1. The quantitative estimate of drug-likeness (QED) is 0.193. The summed E-state index contributed by atoms with van der Waals surface area (Å²) in [6, 6.07) is 13.7. The average Bonchev–Trinajstić information content (AvgIpc) is 3.58. The number of hydrogen-bond acceptors (Lipinski definition) is 6. The molecule has 0 saturated carbocycles. The summed E-state index contributed by atoms with van der Waals surface area (Å²) in [5.41, 5.74) is 0.323. The predicted octanol–water partition coefficient (Wildman–Crippen LogP) is 6.76. The number of nitrogens with zero attached hydrogens (tertiary/aromatic N) is 5. The molecule has 0 aliphatic carbocycles. The zero-order valence-electron chi connectivity index (χ0n) is 21.0. The second-order valence-corrected chi connectivity index (χ2v) is 11.3. The first kappa shape index (κ1) is 29.1. The Hall–Kier alpha value is -4.37. The van der Waals surface area contributed by atoms with Crippen molar-refractivity contribution in [3.63, 3.8) is 0 Å². The lowest BCUT2D eigenvalue weighted by atomic mass is 10.0. The molecule has 0 amide bonds. The van der Waals surface area contributed by atoms with E-state index in [1.54, 1.807) is 6.07 Å². The van der Waals surface area contributed by atoms with E-state index in [1.165, 1.54) is 53.3 Å². The summed E-state index contributed by atoms with van der Waals surface area (Å²) >= 11 is 6.64. The summed E-state index contributed by atoms with van der Waals surface area (Å²) in [5.74, 6) is -0.472. The van der Waals surface area contributed by atoms with E-state index in [0.29, 0.717) is 16.7 Å². The number of hydrogen-bond donors (Lipinski definition) is 0. The van der Waals surface area contributed by atoms with Gasteiger partial charge in [-0.1, -0.05) is 28.9 Å². The summed E-state index contributed by atoms with van der Waals surface area (Å²) in [6.45, 7) is 0. The van der Waals surface area contributed by atoms with Gasteiger partial charge in [0.1, 0.15) is 5.75 Å². The molecule has 0 unspecified atom stereocenters. The molecule has 42 heavy (non-hydrogen) atoms. The summed E-state index contributed by atoms with van der Waals surface area (Å²) < 4.78 is 108. The minimum atomic E-state index is -4.90. The molecule has 0 spiro atoms. The number of sulfone groups is 1. The van der Waals surface area contributed by atoms with Crippen LogP contribution in [0.25, 0.3) is 33.8 Å². The van der Waals surface area contributed by atoms with Gasteiger partial charge in [0.05, 0.1) is 39.5 Å². The first-order chi connectivity index (χ1) is 19.6. The molecule has 218 valence electrons. The van der Waals surface area contributed by atoms with Gasteiger partial charge in [0.2, 0.25) is 0 Å². The number of benzene rings is 3. The molecule has 16 heteroatoms. The highest BCUT2D eigenvalue weighted by Crippen LogP contribution is 2.37. The van der Waals surface area contributed by atoms with E-state index in [4.69, 9.17) is 11.6 Å². The van der Waals surface area contributed by atoms with Gasteiger partial charge in [-0.2, -0.15) is 13.2 Å². The van der Waals surface area contributed by atoms with E-state index >= 15 is 0 Å². The number of ether oxygens (including phenoxy) is 1. The first-order valence-corrected chi connectivity index (χ1v) is 13.9. The number of aromatic nitrogens is 5. The second kappa shape index (κ2) is 10.5. The maximum Gasteiger partial charge on any atom is 0.573 e. The minimum Gasteiger partial charge on any atom is -0.406 e. The smallest absolute Gasteiger partial charge is 0.406 e. The topological polar surface area (TPSA) is 91.9 Å². The van der Waals surface area contributed by atoms with E-state index in [0.717, 1.165) is 35.5 Å². The van der Waals surface area contributed by atoms with Gasteiger partial charge in [-0.3, -0.25) is 0 Å². The molecule has 8 nitrogen and oxygen atoms in total. The summed E-state index contributed by atoms with van der Waals surface area (Å²) in [5, 5.41) is 7.91. The minimum absolute atomic E-state index is 0.0199. The third-order valence-corrected chi connectivity index (χ3v) is 7.33. The summed E-state index contributed by atoms with van der Waals surface area (Å²) in [4.78, 5) is 3.45. The van der Waals surface area contributed by atoms with Crippen molar-refractivity contribution < 1.29 is 39.5 Å². The fraction of sp³-hybridized carbons (Fsp3) is 0.115. The molecule has 0 atom stereocenters. The van der Waals surface area contributed by atoms with Crippen LogP contribution in [-0.2, 0) is 16.0 Å². The Morgan fingerprint density at radius 1 is 0.905 bits per heavy atom. The third kappa shape index (κ3) is 6.11. The molecule has 0 aliphatic rings. The fourth-order valence-electron chi connectivity index (χ4n) is 4.10. The maximum atomic E-state index is 13.4. The van der Waals surface area contributed by atoms with Crippen LogP contribution in [0.2, 0.25) is 5.02 Å². The van der Waals surface area contributed by atoms with Crippen molar-refractivity contribution in [1.29, 1.82) is 0 Å². The zero-order chi connectivity index (χ0) is 30.4. The Kier molecular flexibility index (Phi) is 7.27. The van der Waals surface area contributed by atoms with Gasteiger partial charge < -0.3 is 9.30 Å². The Morgan fingerprint density at radius 2 is 1.62 bits per heavy atom. The van der Waals surface area contributed by atoms with Crippen molar-refractivity contribution in [1.82, 2.24) is 24.5 Å². The molecule has 3 aromatic carbocycles. The van der Waals surface area contributed by atoms with Gasteiger partial charge in [-0.15, -0.1) is 18.3 Å². The number of halogens is 7. The van der Waals surface area contributed by atoms with Gasteiger partial charge in [-0.05, 0) is 59.7 Å². The van der Waals surface area contributed by atoms with Gasteiger partial charge in [0.15, 0.2) is 15.5 Å².